The van der Waals surface area contributed by atoms with Crippen molar-refractivity contribution in [1.82, 2.24) is 24.8 Å². The smallest absolute Gasteiger partial charge is 0.323 e. The van der Waals surface area contributed by atoms with E-state index >= 15 is 0 Å². The third-order valence-corrected chi connectivity index (χ3v) is 9.54. The molecule has 3 unspecified atom stereocenters. The van der Waals surface area contributed by atoms with Crippen molar-refractivity contribution in [2.45, 2.75) is 71.6 Å². The molecule has 12 nitrogen and oxygen atoms in total. The lowest BCUT2D eigenvalue weighted by Crippen LogP contribution is -2.50. The predicted octanol–water partition coefficient (Wildman–Crippen LogP) is 4.95. The van der Waals surface area contributed by atoms with Gasteiger partial charge in [-0.25, -0.2) is 4.79 Å². The summed E-state index contributed by atoms with van der Waals surface area (Å²) in [5, 5.41) is 5.75. The summed E-state index contributed by atoms with van der Waals surface area (Å²) in [6, 6.07) is 15.5. The summed E-state index contributed by atoms with van der Waals surface area (Å²) in [7, 11) is 0. The van der Waals surface area contributed by atoms with Crippen LogP contribution in [0.4, 0.5) is 28.1 Å². The van der Waals surface area contributed by atoms with Gasteiger partial charge in [-0.3, -0.25) is 9.69 Å². The summed E-state index contributed by atoms with van der Waals surface area (Å²) in [6.45, 7) is 16.1. The number of nitrogens with one attached hydrogen (secondary N) is 2. The quantitative estimate of drug-likeness (QED) is 0.369. The summed E-state index contributed by atoms with van der Waals surface area (Å²) in [5.41, 5.74) is 2.70. The van der Waals surface area contributed by atoms with Gasteiger partial charge in [0.05, 0.1) is 19.3 Å². The largest absolute Gasteiger partial charge is 0.377 e. The number of rotatable bonds is 7. The maximum Gasteiger partial charge on any atom is 0.323 e. The zero-order valence-corrected chi connectivity index (χ0v) is 28.1. The maximum atomic E-state index is 13.0. The Bertz CT molecular complexity index is 1530. The Kier molecular flexibility index (Phi) is 9.88. The molecule has 3 aliphatic heterocycles. The number of benzene rings is 2. The average Bonchev–Trinajstić information content (AvgIpc) is 3.42. The van der Waals surface area contributed by atoms with Crippen LogP contribution in [0, 0.1) is 0 Å². The van der Waals surface area contributed by atoms with E-state index in [4.69, 9.17) is 19.7 Å². The molecule has 0 aliphatic carbocycles. The summed E-state index contributed by atoms with van der Waals surface area (Å²) in [5.74, 6) is 1.98. The molecule has 2 aromatic carbocycles. The van der Waals surface area contributed by atoms with Crippen molar-refractivity contribution in [2.24, 2.45) is 0 Å². The normalized spacial score (nSPS) is 22.1. The van der Waals surface area contributed by atoms with E-state index in [-0.39, 0.29) is 18.0 Å². The lowest BCUT2D eigenvalue weighted by atomic mass is 10.1. The van der Waals surface area contributed by atoms with Gasteiger partial charge in [-0.15, -0.1) is 0 Å². The van der Waals surface area contributed by atoms with E-state index in [0.717, 1.165) is 51.1 Å². The van der Waals surface area contributed by atoms with Gasteiger partial charge in [0.25, 0.3) is 5.91 Å². The Morgan fingerprint density at radius 3 is 1.96 bits per heavy atom. The molecular weight excluding hydrogens is 594 g/mol. The van der Waals surface area contributed by atoms with E-state index in [2.05, 4.69) is 60.0 Å². The van der Waals surface area contributed by atoms with Crippen LogP contribution in [0.1, 0.15) is 57.8 Å². The minimum atomic E-state index is -0.371. The lowest BCUT2D eigenvalue weighted by Gasteiger charge is -2.37. The van der Waals surface area contributed by atoms with E-state index in [1.165, 1.54) is 0 Å². The van der Waals surface area contributed by atoms with E-state index in [9.17, 15) is 9.59 Å². The zero-order chi connectivity index (χ0) is 33.1. The highest BCUT2D eigenvalue weighted by Crippen LogP contribution is 2.31. The van der Waals surface area contributed by atoms with Gasteiger partial charge < -0.3 is 30.1 Å². The van der Waals surface area contributed by atoms with Gasteiger partial charge in [0, 0.05) is 73.4 Å². The van der Waals surface area contributed by atoms with Gasteiger partial charge in [0.1, 0.15) is 0 Å². The molecule has 0 bridgehead atoms. The second-order valence-electron chi connectivity index (χ2n) is 13.2. The van der Waals surface area contributed by atoms with Crippen LogP contribution in [0.5, 0.6) is 0 Å². The Balaban J connectivity index is 1.11. The molecular formula is C35H47N9O3. The number of piperazine rings is 1. The molecule has 0 spiro atoms. The highest BCUT2D eigenvalue weighted by Gasteiger charge is 2.32. The van der Waals surface area contributed by atoms with Crippen LogP contribution < -0.4 is 20.4 Å². The molecule has 3 aliphatic rings. The van der Waals surface area contributed by atoms with Crippen LogP contribution >= 0.6 is 0 Å². The van der Waals surface area contributed by atoms with E-state index in [1.54, 1.807) is 24.3 Å². The van der Waals surface area contributed by atoms with Crippen LogP contribution in [0.2, 0.25) is 0 Å². The van der Waals surface area contributed by atoms with Gasteiger partial charge in [-0.2, -0.15) is 15.0 Å². The molecule has 0 radical (unpaired) electrons. The number of carbonyl (C=O) groups excluding carboxylic acids is 2. The van der Waals surface area contributed by atoms with Gasteiger partial charge in [-0.05, 0) is 96.0 Å². The van der Waals surface area contributed by atoms with Crippen molar-refractivity contribution in [3.05, 3.63) is 54.1 Å². The molecule has 47 heavy (non-hydrogen) atoms. The topological polar surface area (TPSA) is 119 Å². The van der Waals surface area contributed by atoms with Gasteiger partial charge in [-0.1, -0.05) is 0 Å². The number of nitrogens with zero attached hydrogens (tertiary/aromatic N) is 7. The molecule has 250 valence electrons. The zero-order valence-electron chi connectivity index (χ0n) is 28.1. The third kappa shape index (κ3) is 7.49. The third-order valence-electron chi connectivity index (χ3n) is 9.54. The van der Waals surface area contributed by atoms with E-state index in [1.807, 2.05) is 29.2 Å². The van der Waals surface area contributed by atoms with Crippen molar-refractivity contribution in [3.8, 4) is 11.4 Å². The number of ether oxygens (including phenoxy) is 1. The molecule has 4 heterocycles. The number of aromatic nitrogens is 3. The highest BCUT2D eigenvalue weighted by molar-refractivity contribution is 6.00. The summed E-state index contributed by atoms with van der Waals surface area (Å²) >= 11 is 0. The van der Waals surface area contributed by atoms with Crippen molar-refractivity contribution < 1.29 is 14.3 Å². The van der Waals surface area contributed by atoms with Gasteiger partial charge in [0.15, 0.2) is 5.82 Å². The minimum Gasteiger partial charge on any atom is -0.377 e. The fraction of sp³-hybridized carbons (Fsp3) is 0.514. The van der Waals surface area contributed by atoms with Crippen LogP contribution in [0.3, 0.4) is 0 Å². The summed E-state index contributed by atoms with van der Waals surface area (Å²) in [4.78, 5) is 49.4. The van der Waals surface area contributed by atoms with Crippen molar-refractivity contribution in [1.29, 1.82) is 0 Å². The number of anilines is 4. The molecule has 0 saturated carbocycles. The fourth-order valence-corrected chi connectivity index (χ4v) is 6.66. The number of morpholine rings is 1. The molecule has 3 aromatic rings. The molecule has 3 saturated heterocycles. The lowest BCUT2D eigenvalue weighted by molar-refractivity contribution is 0.0595. The van der Waals surface area contributed by atoms with Gasteiger partial charge >= 0.3 is 6.03 Å². The molecule has 3 amide bonds. The average molecular weight is 642 g/mol. The standard InChI is InChI=1S/C35H47N9O3/c1-23(2)41-16-18-42(19-17-41)32(45)28-10-14-30(15-11-28)37-35(46)36-29-12-8-27(9-13-29)31-38-33(43-20-21-47-22-26(43)5)40-34(39-31)44-24(3)6-7-25(44)4/h8-15,23-26H,6-7,16-22H2,1-5H3,(H2,36,37,46). The molecule has 1 aromatic heterocycles. The minimum absolute atomic E-state index is 0.0193. The Morgan fingerprint density at radius 2 is 1.36 bits per heavy atom. The number of hydrogen-bond donors (Lipinski definition) is 2. The monoisotopic (exact) mass is 641 g/mol. The second kappa shape index (κ2) is 14.2. The molecule has 3 fully saturated rings. The Hall–Kier alpha value is -4.29. The number of urea groups is 1. The van der Waals surface area contributed by atoms with Crippen molar-refractivity contribution >= 4 is 35.2 Å². The van der Waals surface area contributed by atoms with E-state index < -0.39 is 0 Å². The summed E-state index contributed by atoms with van der Waals surface area (Å²) in [6.07, 6.45) is 2.21. The number of hydrogen-bond acceptors (Lipinski definition) is 9. The first-order chi connectivity index (χ1) is 22.7. The van der Waals surface area contributed by atoms with Crippen LogP contribution in [0.25, 0.3) is 11.4 Å². The predicted molar refractivity (Wildman–Crippen MR) is 185 cm³/mol. The van der Waals surface area contributed by atoms with Crippen molar-refractivity contribution in [2.75, 3.05) is 66.4 Å². The molecule has 2 N–H and O–H groups in total. The van der Waals surface area contributed by atoms with Crippen molar-refractivity contribution in [3.63, 3.8) is 0 Å². The van der Waals surface area contributed by atoms with Gasteiger partial charge in [0.2, 0.25) is 11.9 Å². The fourth-order valence-electron chi connectivity index (χ4n) is 6.66. The SMILES string of the molecule is CC(C)N1CCN(C(=O)c2ccc(NC(=O)Nc3ccc(-c4nc(N5CCOCC5C)nc(N5C(C)CCC5C)n4)cc3)cc2)CC1. The number of carbonyl (C=O) groups is 2. The summed E-state index contributed by atoms with van der Waals surface area (Å²) < 4.78 is 5.66. The molecule has 6 rings (SSSR count). The number of amides is 3. The first-order valence-corrected chi connectivity index (χ1v) is 16.9. The Morgan fingerprint density at radius 1 is 0.766 bits per heavy atom. The first kappa shape index (κ1) is 32.6. The van der Waals surface area contributed by atoms with E-state index in [0.29, 0.717) is 66.0 Å². The maximum absolute atomic E-state index is 13.0. The molecule has 12 heteroatoms. The molecule has 3 atom stereocenters. The second-order valence-corrected chi connectivity index (χ2v) is 13.2. The first-order valence-electron chi connectivity index (χ1n) is 16.9. The highest BCUT2D eigenvalue weighted by atomic mass is 16.5. The Labute approximate surface area is 277 Å². The van der Waals surface area contributed by atoms with Crippen LogP contribution in [-0.2, 0) is 4.74 Å². The van der Waals surface area contributed by atoms with Crippen LogP contribution in [-0.4, -0.2) is 107 Å². The van der Waals surface area contributed by atoms with Crippen LogP contribution in [0.15, 0.2) is 48.5 Å².